The van der Waals surface area contributed by atoms with Gasteiger partial charge in [0.15, 0.2) is 0 Å². The Labute approximate surface area is 99.1 Å². The van der Waals surface area contributed by atoms with E-state index in [-0.39, 0.29) is 12.0 Å². The van der Waals surface area contributed by atoms with Crippen molar-refractivity contribution in [1.82, 2.24) is 4.90 Å². The van der Waals surface area contributed by atoms with Crippen LogP contribution < -0.4 is 0 Å². The van der Waals surface area contributed by atoms with E-state index < -0.39 is 0 Å². The molecule has 1 heterocycles. The Morgan fingerprint density at radius 3 is 2.62 bits per heavy atom. The van der Waals surface area contributed by atoms with Crippen molar-refractivity contribution in [2.24, 2.45) is 5.92 Å². The molecule has 0 N–H and O–H groups in total. The molecule has 1 atom stereocenters. The summed E-state index contributed by atoms with van der Waals surface area (Å²) in [5.74, 6) is 0.537. The average Bonchev–Trinajstić information content (AvgIpc) is 2.31. The molecule has 1 unspecified atom stereocenters. The second-order valence-electron chi connectivity index (χ2n) is 4.52. The zero-order valence-corrected chi connectivity index (χ0v) is 10.9. The lowest BCUT2D eigenvalue weighted by atomic mass is 9.99. The molecule has 16 heavy (non-hydrogen) atoms. The maximum absolute atomic E-state index is 12.2. The highest BCUT2D eigenvalue weighted by atomic mass is 16.5. The van der Waals surface area contributed by atoms with Gasteiger partial charge in [-0.3, -0.25) is 4.79 Å². The zero-order chi connectivity index (χ0) is 12.0. The van der Waals surface area contributed by atoms with Crippen LogP contribution in [-0.4, -0.2) is 36.6 Å². The Morgan fingerprint density at radius 1 is 1.38 bits per heavy atom. The number of piperidine rings is 1. The normalized spacial score (nSPS) is 21.5. The second-order valence-corrected chi connectivity index (χ2v) is 4.52. The molecule has 0 spiro atoms. The molecule has 0 aromatic heterocycles. The van der Waals surface area contributed by atoms with Gasteiger partial charge in [0.1, 0.15) is 0 Å². The van der Waals surface area contributed by atoms with Crippen molar-refractivity contribution in [2.45, 2.75) is 52.6 Å². The Bertz CT molecular complexity index is 212. The van der Waals surface area contributed by atoms with E-state index in [2.05, 4.69) is 13.8 Å². The van der Waals surface area contributed by atoms with Gasteiger partial charge in [0.2, 0.25) is 5.91 Å². The Balaban J connectivity index is 2.49. The van der Waals surface area contributed by atoms with Gasteiger partial charge in [0, 0.05) is 25.6 Å². The molecule has 94 valence electrons. The highest BCUT2D eigenvalue weighted by Gasteiger charge is 2.27. The molecule has 0 aromatic carbocycles. The van der Waals surface area contributed by atoms with E-state index in [1.807, 2.05) is 11.8 Å². The SMILES string of the molecule is CCOC1CCCN(C(=O)C(CC)CC)C1. The van der Waals surface area contributed by atoms with Crippen LogP contribution in [0, 0.1) is 5.92 Å². The maximum atomic E-state index is 12.2. The zero-order valence-electron chi connectivity index (χ0n) is 10.9. The van der Waals surface area contributed by atoms with Crippen LogP contribution in [0.2, 0.25) is 0 Å². The summed E-state index contributed by atoms with van der Waals surface area (Å²) < 4.78 is 5.62. The lowest BCUT2D eigenvalue weighted by molar-refractivity contribution is -0.139. The van der Waals surface area contributed by atoms with E-state index in [4.69, 9.17) is 4.74 Å². The molecule has 0 saturated carbocycles. The summed E-state index contributed by atoms with van der Waals surface area (Å²) in [5.41, 5.74) is 0. The van der Waals surface area contributed by atoms with Crippen LogP contribution in [0.1, 0.15) is 46.5 Å². The standard InChI is InChI=1S/C13H25NO2/c1-4-11(5-2)13(15)14-9-7-8-12(10-14)16-6-3/h11-12H,4-10H2,1-3H3. The Kier molecular flexibility index (Phi) is 5.81. The minimum Gasteiger partial charge on any atom is -0.377 e. The van der Waals surface area contributed by atoms with Gasteiger partial charge < -0.3 is 9.64 Å². The molecule has 0 aromatic rings. The molecule has 1 fully saturated rings. The Hall–Kier alpha value is -0.570. The van der Waals surface area contributed by atoms with E-state index in [0.29, 0.717) is 5.91 Å². The minimum atomic E-state index is 0.209. The summed E-state index contributed by atoms with van der Waals surface area (Å²) in [6, 6.07) is 0. The molecule has 3 nitrogen and oxygen atoms in total. The third-order valence-electron chi connectivity index (χ3n) is 3.43. The van der Waals surface area contributed by atoms with Crippen LogP contribution in [-0.2, 0) is 9.53 Å². The summed E-state index contributed by atoms with van der Waals surface area (Å²) in [5, 5.41) is 0. The van der Waals surface area contributed by atoms with Crippen molar-refractivity contribution in [3.63, 3.8) is 0 Å². The predicted molar refractivity (Wildman–Crippen MR) is 65.3 cm³/mol. The fourth-order valence-electron chi connectivity index (χ4n) is 2.41. The number of amides is 1. The van der Waals surface area contributed by atoms with Gasteiger partial charge in [-0.1, -0.05) is 13.8 Å². The molecule has 1 saturated heterocycles. The lowest BCUT2D eigenvalue weighted by Crippen LogP contribution is -2.45. The molecule has 1 rings (SSSR count). The quantitative estimate of drug-likeness (QED) is 0.722. The molecule has 1 amide bonds. The second kappa shape index (κ2) is 6.89. The minimum absolute atomic E-state index is 0.209. The summed E-state index contributed by atoms with van der Waals surface area (Å²) in [6.07, 6.45) is 4.34. The number of nitrogens with zero attached hydrogens (tertiary/aromatic N) is 1. The number of ether oxygens (including phenoxy) is 1. The van der Waals surface area contributed by atoms with Gasteiger partial charge in [-0.05, 0) is 32.6 Å². The van der Waals surface area contributed by atoms with Crippen molar-refractivity contribution in [3.05, 3.63) is 0 Å². The summed E-state index contributed by atoms with van der Waals surface area (Å²) in [6.45, 7) is 8.66. The first-order valence-electron chi connectivity index (χ1n) is 6.63. The summed E-state index contributed by atoms with van der Waals surface area (Å²) >= 11 is 0. The van der Waals surface area contributed by atoms with E-state index in [0.717, 1.165) is 45.4 Å². The van der Waals surface area contributed by atoms with Crippen LogP contribution >= 0.6 is 0 Å². The van der Waals surface area contributed by atoms with E-state index in [1.54, 1.807) is 0 Å². The smallest absolute Gasteiger partial charge is 0.225 e. The van der Waals surface area contributed by atoms with Crippen LogP contribution in [0.15, 0.2) is 0 Å². The van der Waals surface area contributed by atoms with Crippen molar-refractivity contribution < 1.29 is 9.53 Å². The highest BCUT2D eigenvalue weighted by Crippen LogP contribution is 2.18. The number of hydrogen-bond acceptors (Lipinski definition) is 2. The first kappa shape index (κ1) is 13.5. The summed E-state index contributed by atoms with van der Waals surface area (Å²) in [4.78, 5) is 14.2. The van der Waals surface area contributed by atoms with Gasteiger partial charge in [-0.15, -0.1) is 0 Å². The highest BCUT2D eigenvalue weighted by molar-refractivity contribution is 5.78. The number of carbonyl (C=O) groups is 1. The van der Waals surface area contributed by atoms with Gasteiger partial charge in [0.05, 0.1) is 6.10 Å². The fourth-order valence-corrected chi connectivity index (χ4v) is 2.41. The Morgan fingerprint density at radius 2 is 2.06 bits per heavy atom. The van der Waals surface area contributed by atoms with Gasteiger partial charge in [-0.2, -0.15) is 0 Å². The molecule has 0 bridgehead atoms. The van der Waals surface area contributed by atoms with E-state index in [1.165, 1.54) is 0 Å². The van der Waals surface area contributed by atoms with Gasteiger partial charge in [0.25, 0.3) is 0 Å². The topological polar surface area (TPSA) is 29.5 Å². The first-order valence-corrected chi connectivity index (χ1v) is 6.63. The average molecular weight is 227 g/mol. The lowest BCUT2D eigenvalue weighted by Gasteiger charge is -2.34. The number of rotatable bonds is 5. The molecule has 3 heteroatoms. The number of carbonyl (C=O) groups excluding carboxylic acids is 1. The predicted octanol–water partition coefficient (Wildman–Crippen LogP) is 2.45. The van der Waals surface area contributed by atoms with Crippen molar-refractivity contribution in [2.75, 3.05) is 19.7 Å². The van der Waals surface area contributed by atoms with Gasteiger partial charge >= 0.3 is 0 Å². The maximum Gasteiger partial charge on any atom is 0.225 e. The first-order chi connectivity index (χ1) is 7.72. The molecule has 1 aliphatic rings. The van der Waals surface area contributed by atoms with Crippen molar-refractivity contribution >= 4 is 5.91 Å². The van der Waals surface area contributed by atoms with Crippen LogP contribution in [0.5, 0.6) is 0 Å². The largest absolute Gasteiger partial charge is 0.377 e. The molecular weight excluding hydrogens is 202 g/mol. The third kappa shape index (κ3) is 3.48. The molecule has 0 radical (unpaired) electrons. The van der Waals surface area contributed by atoms with Gasteiger partial charge in [-0.25, -0.2) is 0 Å². The van der Waals surface area contributed by atoms with Crippen molar-refractivity contribution in [3.8, 4) is 0 Å². The number of hydrogen-bond donors (Lipinski definition) is 0. The van der Waals surface area contributed by atoms with Crippen LogP contribution in [0.4, 0.5) is 0 Å². The van der Waals surface area contributed by atoms with E-state index in [9.17, 15) is 4.79 Å². The summed E-state index contributed by atoms with van der Waals surface area (Å²) in [7, 11) is 0. The molecular formula is C13H25NO2. The monoisotopic (exact) mass is 227 g/mol. The number of likely N-dealkylation sites (tertiary alicyclic amines) is 1. The van der Waals surface area contributed by atoms with Crippen LogP contribution in [0.25, 0.3) is 0 Å². The van der Waals surface area contributed by atoms with Crippen LogP contribution in [0.3, 0.4) is 0 Å². The van der Waals surface area contributed by atoms with E-state index >= 15 is 0 Å². The third-order valence-corrected chi connectivity index (χ3v) is 3.43. The molecule has 1 aliphatic heterocycles. The fraction of sp³-hybridized carbons (Fsp3) is 0.923. The molecule has 0 aliphatic carbocycles. The van der Waals surface area contributed by atoms with Crippen molar-refractivity contribution in [1.29, 1.82) is 0 Å².